The predicted octanol–water partition coefficient (Wildman–Crippen LogP) is 5.78. The summed E-state index contributed by atoms with van der Waals surface area (Å²) in [5, 5.41) is 2.30. The van der Waals surface area contributed by atoms with Crippen molar-refractivity contribution < 1.29 is 0 Å². The molecule has 1 aliphatic rings. The molecule has 0 saturated carbocycles. The van der Waals surface area contributed by atoms with E-state index in [2.05, 4.69) is 63.2 Å². The van der Waals surface area contributed by atoms with Crippen LogP contribution in [-0.4, -0.2) is 18.2 Å². The maximum Gasteiger partial charge on any atom is 0.234 e. The summed E-state index contributed by atoms with van der Waals surface area (Å²) in [7, 11) is 6.58. The molecule has 2 aromatic carbocycles. The van der Waals surface area contributed by atoms with Gasteiger partial charge in [0.25, 0.3) is 0 Å². The number of fused-ring (bicyclic) bond motifs is 1. The van der Waals surface area contributed by atoms with Gasteiger partial charge in [0.15, 0.2) is 0 Å². The molecule has 2 heterocycles. The zero-order chi connectivity index (χ0) is 18.3. The second-order valence-corrected chi connectivity index (χ2v) is 6.70. The van der Waals surface area contributed by atoms with Crippen molar-refractivity contribution in [3.63, 3.8) is 0 Å². The third-order valence-corrected chi connectivity index (χ3v) is 5.19. The maximum absolute atomic E-state index is 6.58. The Morgan fingerprint density at radius 2 is 1.62 bits per heavy atom. The lowest BCUT2D eigenvalue weighted by Crippen LogP contribution is -1.98. The Labute approximate surface area is 156 Å². The van der Waals surface area contributed by atoms with Gasteiger partial charge in [0.1, 0.15) is 0 Å². The van der Waals surface area contributed by atoms with Crippen molar-refractivity contribution in [1.29, 1.82) is 0 Å². The minimum absolute atomic E-state index is 0.989. The molecule has 0 amide bonds. The molecular formula is C23H21BN2. The van der Waals surface area contributed by atoms with Crippen molar-refractivity contribution >= 4 is 30.5 Å². The van der Waals surface area contributed by atoms with E-state index in [9.17, 15) is 0 Å². The topological polar surface area (TPSA) is 17.3 Å². The van der Waals surface area contributed by atoms with Crippen molar-refractivity contribution in [1.82, 2.24) is 4.48 Å². The van der Waals surface area contributed by atoms with Crippen LogP contribution in [0.2, 0.25) is 0 Å². The monoisotopic (exact) mass is 336 g/mol. The molecular weight excluding hydrogens is 315 g/mol. The van der Waals surface area contributed by atoms with E-state index in [0.29, 0.717) is 0 Å². The molecule has 1 aliphatic heterocycles. The molecule has 0 N–H and O–H groups in total. The van der Waals surface area contributed by atoms with Gasteiger partial charge in [-0.05, 0) is 43.1 Å². The van der Waals surface area contributed by atoms with Gasteiger partial charge in [0.2, 0.25) is 7.98 Å². The molecule has 3 heteroatoms. The third kappa shape index (κ3) is 2.55. The molecule has 0 aliphatic carbocycles. The standard InChI is InChI=1S/C23H21BN2/c1-4-18-15(2)21(25-16(18)3)14-22-19-12-8-9-13-20(19)23(26(22)24)17-10-6-5-7-11-17/h5-14H,4H2,1-3H3/b21-14-. The van der Waals surface area contributed by atoms with Crippen molar-refractivity contribution in [2.75, 3.05) is 0 Å². The Morgan fingerprint density at radius 1 is 0.962 bits per heavy atom. The molecule has 0 atom stereocenters. The van der Waals surface area contributed by atoms with Crippen LogP contribution >= 0.6 is 0 Å². The van der Waals surface area contributed by atoms with Crippen LogP contribution in [0.4, 0.5) is 0 Å². The van der Waals surface area contributed by atoms with Gasteiger partial charge in [0.05, 0.1) is 5.70 Å². The molecule has 1 aromatic heterocycles. The Hall–Kier alpha value is -2.81. The number of allylic oxidation sites excluding steroid dienone is 2. The van der Waals surface area contributed by atoms with Crippen LogP contribution < -0.4 is 0 Å². The lowest BCUT2D eigenvalue weighted by atomic mass is 10.0. The largest absolute Gasteiger partial charge is 0.396 e. The van der Waals surface area contributed by atoms with Crippen LogP contribution in [-0.2, 0) is 0 Å². The quantitative estimate of drug-likeness (QED) is 0.539. The highest BCUT2D eigenvalue weighted by molar-refractivity contribution is 6.17. The van der Waals surface area contributed by atoms with Gasteiger partial charge < -0.3 is 4.48 Å². The van der Waals surface area contributed by atoms with E-state index < -0.39 is 0 Å². The van der Waals surface area contributed by atoms with E-state index in [1.807, 2.05) is 18.2 Å². The van der Waals surface area contributed by atoms with E-state index >= 15 is 0 Å². The highest BCUT2D eigenvalue weighted by atomic mass is 14.9. The molecule has 0 unspecified atom stereocenters. The molecule has 2 radical (unpaired) electrons. The molecule has 2 nitrogen and oxygen atoms in total. The second kappa shape index (κ2) is 6.49. The SMILES string of the molecule is [B]n1c(/C=C2\N=C(C)C(CC)=C2C)c2ccccc2c1-c1ccccc1. The van der Waals surface area contributed by atoms with Crippen LogP contribution in [0.5, 0.6) is 0 Å². The fourth-order valence-electron chi connectivity index (χ4n) is 3.88. The zero-order valence-corrected chi connectivity index (χ0v) is 15.5. The van der Waals surface area contributed by atoms with Gasteiger partial charge in [-0.15, -0.1) is 0 Å². The number of nitrogens with zero attached hydrogens (tertiary/aromatic N) is 2. The van der Waals surface area contributed by atoms with Crippen LogP contribution in [0.25, 0.3) is 28.1 Å². The highest BCUT2D eigenvalue weighted by Crippen LogP contribution is 2.36. The molecule has 0 spiro atoms. The number of rotatable bonds is 3. The van der Waals surface area contributed by atoms with Gasteiger partial charge in [0, 0.05) is 27.9 Å². The predicted molar refractivity (Wildman–Crippen MR) is 113 cm³/mol. The first-order chi connectivity index (χ1) is 12.6. The van der Waals surface area contributed by atoms with Crippen molar-refractivity contribution in [3.8, 4) is 11.3 Å². The minimum atomic E-state index is 0.989. The average molecular weight is 336 g/mol. The van der Waals surface area contributed by atoms with Gasteiger partial charge in [-0.3, -0.25) is 4.99 Å². The number of hydrogen-bond acceptors (Lipinski definition) is 1. The van der Waals surface area contributed by atoms with E-state index in [-0.39, 0.29) is 0 Å². The fourth-order valence-corrected chi connectivity index (χ4v) is 3.88. The summed E-state index contributed by atoms with van der Waals surface area (Å²) in [6.45, 7) is 6.41. The first kappa shape index (κ1) is 16.7. The molecule has 126 valence electrons. The lowest BCUT2D eigenvalue weighted by molar-refractivity contribution is 1.15. The Kier molecular flexibility index (Phi) is 4.16. The molecule has 3 aromatic rings. The fraction of sp³-hybridized carbons (Fsp3) is 0.174. The van der Waals surface area contributed by atoms with Crippen LogP contribution in [0.15, 0.2) is 76.4 Å². The first-order valence-corrected chi connectivity index (χ1v) is 9.03. The molecule has 0 bridgehead atoms. The lowest BCUT2D eigenvalue weighted by Gasteiger charge is -2.07. The van der Waals surface area contributed by atoms with Crippen molar-refractivity contribution in [3.05, 3.63) is 77.1 Å². The molecule has 0 fully saturated rings. The van der Waals surface area contributed by atoms with Gasteiger partial charge in [-0.2, -0.15) is 0 Å². The van der Waals surface area contributed by atoms with E-state index in [0.717, 1.165) is 45.6 Å². The van der Waals surface area contributed by atoms with E-state index in [1.54, 1.807) is 4.48 Å². The van der Waals surface area contributed by atoms with Crippen LogP contribution in [0.3, 0.4) is 0 Å². The summed E-state index contributed by atoms with van der Waals surface area (Å²) in [6.07, 6.45) is 3.12. The Bertz CT molecular complexity index is 1080. The number of benzene rings is 2. The second-order valence-electron chi connectivity index (χ2n) is 6.70. The smallest absolute Gasteiger partial charge is 0.234 e. The summed E-state index contributed by atoms with van der Waals surface area (Å²) in [5.74, 6) is 0. The van der Waals surface area contributed by atoms with Gasteiger partial charge in [-0.25, -0.2) is 0 Å². The number of hydrogen-bond donors (Lipinski definition) is 0. The van der Waals surface area contributed by atoms with Gasteiger partial charge >= 0.3 is 0 Å². The zero-order valence-electron chi connectivity index (χ0n) is 15.5. The van der Waals surface area contributed by atoms with Crippen molar-refractivity contribution in [2.45, 2.75) is 27.2 Å². The summed E-state index contributed by atoms with van der Waals surface area (Å²) >= 11 is 0. The van der Waals surface area contributed by atoms with Crippen molar-refractivity contribution in [2.24, 2.45) is 4.99 Å². The number of aliphatic imine (C=N–C) groups is 1. The molecule has 4 rings (SSSR count). The number of aromatic nitrogens is 1. The maximum atomic E-state index is 6.58. The normalized spacial score (nSPS) is 16.0. The van der Waals surface area contributed by atoms with Crippen LogP contribution in [0.1, 0.15) is 32.9 Å². The Morgan fingerprint density at radius 3 is 2.27 bits per heavy atom. The average Bonchev–Trinajstić information content (AvgIpc) is 3.09. The van der Waals surface area contributed by atoms with Gasteiger partial charge in [-0.1, -0.05) is 61.5 Å². The summed E-state index contributed by atoms with van der Waals surface area (Å²) in [5.41, 5.74) is 7.83. The summed E-state index contributed by atoms with van der Waals surface area (Å²) < 4.78 is 1.80. The summed E-state index contributed by atoms with van der Waals surface area (Å²) in [6, 6.07) is 18.7. The molecule has 0 saturated heterocycles. The minimum Gasteiger partial charge on any atom is -0.396 e. The molecule has 26 heavy (non-hydrogen) atoms. The Balaban J connectivity index is 1.97. The highest BCUT2D eigenvalue weighted by Gasteiger charge is 2.19. The first-order valence-electron chi connectivity index (χ1n) is 9.03. The van der Waals surface area contributed by atoms with Crippen LogP contribution in [0, 0.1) is 0 Å². The van der Waals surface area contributed by atoms with E-state index in [4.69, 9.17) is 13.0 Å². The third-order valence-electron chi connectivity index (χ3n) is 5.19. The summed E-state index contributed by atoms with van der Waals surface area (Å²) in [4.78, 5) is 4.78. The van der Waals surface area contributed by atoms with E-state index in [1.165, 1.54) is 11.1 Å².